The Balaban J connectivity index is 1.27. The molecule has 2 heterocycles. The van der Waals surface area contributed by atoms with Gasteiger partial charge in [-0.3, -0.25) is 9.59 Å². The second-order valence-electron chi connectivity index (χ2n) is 9.38. The molecule has 0 spiro atoms. The van der Waals surface area contributed by atoms with Crippen LogP contribution in [-0.2, 0) is 10.2 Å². The van der Waals surface area contributed by atoms with Gasteiger partial charge in [-0.2, -0.15) is 5.10 Å². The lowest BCUT2D eigenvalue weighted by Crippen LogP contribution is -2.32. The summed E-state index contributed by atoms with van der Waals surface area (Å²) < 4.78 is 0. The predicted octanol–water partition coefficient (Wildman–Crippen LogP) is 4.15. The minimum atomic E-state index is 0.0245. The van der Waals surface area contributed by atoms with E-state index >= 15 is 0 Å². The number of carbonyl (C=O) groups is 2. The first-order chi connectivity index (χ1) is 14.3. The van der Waals surface area contributed by atoms with E-state index in [0.717, 1.165) is 42.9 Å². The van der Waals surface area contributed by atoms with Crippen LogP contribution in [0.1, 0.15) is 74.1 Å². The SMILES string of the molecule is CC1(C)[C@@H]2CC[C@@]1(C)c1nc(SCC(=O)c3ccc(N4CCCC4=O)cc3)nnc12. The van der Waals surface area contributed by atoms with E-state index in [9.17, 15) is 9.59 Å². The van der Waals surface area contributed by atoms with Crippen LogP contribution < -0.4 is 4.90 Å². The van der Waals surface area contributed by atoms with E-state index in [1.54, 1.807) is 17.0 Å². The highest BCUT2D eigenvalue weighted by atomic mass is 32.2. The highest BCUT2D eigenvalue weighted by molar-refractivity contribution is 7.99. The molecule has 1 aromatic carbocycles. The minimum absolute atomic E-state index is 0.0245. The molecule has 3 aliphatic rings. The number of hydrogen-bond acceptors (Lipinski definition) is 6. The van der Waals surface area contributed by atoms with Crippen molar-refractivity contribution in [1.82, 2.24) is 15.2 Å². The molecule has 1 aliphatic heterocycles. The molecule has 2 aromatic rings. The number of carbonyl (C=O) groups excluding carboxylic acids is 2. The largest absolute Gasteiger partial charge is 0.312 e. The van der Waals surface area contributed by atoms with Gasteiger partial charge in [0.1, 0.15) is 0 Å². The van der Waals surface area contributed by atoms with E-state index < -0.39 is 0 Å². The quantitative estimate of drug-likeness (QED) is 0.532. The van der Waals surface area contributed by atoms with Crippen molar-refractivity contribution in [1.29, 1.82) is 0 Å². The highest BCUT2D eigenvalue weighted by Crippen LogP contribution is 2.66. The van der Waals surface area contributed by atoms with Crippen molar-refractivity contribution < 1.29 is 9.59 Å². The summed E-state index contributed by atoms with van der Waals surface area (Å²) >= 11 is 1.35. The molecular formula is C23H26N4O2S. The van der Waals surface area contributed by atoms with E-state index in [2.05, 4.69) is 31.0 Å². The number of ketones is 1. The molecule has 1 saturated heterocycles. The summed E-state index contributed by atoms with van der Waals surface area (Å²) in [6.45, 7) is 7.66. The Labute approximate surface area is 180 Å². The first-order valence-electron chi connectivity index (χ1n) is 10.6. The van der Waals surface area contributed by atoms with Crippen LogP contribution in [0.2, 0.25) is 0 Å². The van der Waals surface area contributed by atoms with E-state index in [1.165, 1.54) is 11.8 Å². The maximum atomic E-state index is 12.7. The van der Waals surface area contributed by atoms with Crippen LogP contribution in [0.15, 0.2) is 29.4 Å². The van der Waals surface area contributed by atoms with Gasteiger partial charge in [-0.15, -0.1) is 5.10 Å². The Kier molecular flexibility index (Phi) is 4.51. The van der Waals surface area contributed by atoms with Gasteiger partial charge < -0.3 is 4.90 Å². The average Bonchev–Trinajstić information content (AvgIpc) is 3.32. The first kappa shape index (κ1) is 19.7. The van der Waals surface area contributed by atoms with Crippen LogP contribution in [0, 0.1) is 5.41 Å². The van der Waals surface area contributed by atoms with Gasteiger partial charge in [-0.05, 0) is 48.9 Å². The molecule has 30 heavy (non-hydrogen) atoms. The van der Waals surface area contributed by atoms with Gasteiger partial charge in [0.2, 0.25) is 11.1 Å². The number of rotatable bonds is 5. The number of aromatic nitrogens is 3. The summed E-state index contributed by atoms with van der Waals surface area (Å²) in [5, 5.41) is 9.40. The summed E-state index contributed by atoms with van der Waals surface area (Å²) in [6, 6.07) is 7.31. The van der Waals surface area contributed by atoms with Crippen LogP contribution in [0.25, 0.3) is 0 Å². The molecule has 1 saturated carbocycles. The van der Waals surface area contributed by atoms with Crippen molar-refractivity contribution in [2.75, 3.05) is 17.2 Å². The standard InChI is InChI=1S/C23H26N4O2S/c1-22(2)16-10-11-23(22,3)20-19(16)25-26-21(24-20)30-13-17(28)14-6-8-15(9-7-14)27-12-4-5-18(27)29/h6-9,16H,4-5,10-13H2,1-3H3/t16-,23+/m1/s1. The number of fused-ring (bicyclic) bond motifs is 5. The fourth-order valence-electron chi connectivity index (χ4n) is 5.39. The fourth-order valence-corrected chi connectivity index (χ4v) is 6.07. The molecule has 1 amide bonds. The summed E-state index contributed by atoms with van der Waals surface area (Å²) in [6.07, 6.45) is 3.77. The smallest absolute Gasteiger partial charge is 0.227 e. The molecule has 6 nitrogen and oxygen atoms in total. The Morgan fingerprint density at radius 3 is 2.67 bits per heavy atom. The maximum Gasteiger partial charge on any atom is 0.227 e. The Morgan fingerprint density at radius 2 is 1.97 bits per heavy atom. The lowest BCUT2D eigenvalue weighted by molar-refractivity contribution is -0.117. The third-order valence-corrected chi connectivity index (χ3v) is 8.52. The van der Waals surface area contributed by atoms with Crippen LogP contribution >= 0.6 is 11.8 Å². The Hall–Kier alpha value is -2.28. The summed E-state index contributed by atoms with van der Waals surface area (Å²) in [5.74, 6) is 0.874. The number of Topliss-reactive ketones (excluding diaryl/α,β-unsaturated/α-hetero) is 1. The molecule has 2 aliphatic carbocycles. The molecule has 7 heteroatoms. The van der Waals surface area contributed by atoms with E-state index in [-0.39, 0.29) is 28.3 Å². The van der Waals surface area contributed by atoms with Crippen molar-refractivity contribution in [2.24, 2.45) is 5.41 Å². The van der Waals surface area contributed by atoms with Gasteiger partial charge in [0, 0.05) is 35.5 Å². The second-order valence-corrected chi connectivity index (χ2v) is 10.3. The molecule has 2 fully saturated rings. The van der Waals surface area contributed by atoms with Crippen LogP contribution in [-0.4, -0.2) is 39.2 Å². The fraction of sp³-hybridized carbons (Fsp3) is 0.522. The average molecular weight is 423 g/mol. The normalized spacial score (nSPS) is 26.3. The van der Waals surface area contributed by atoms with E-state index in [1.807, 2.05) is 12.1 Å². The lowest BCUT2D eigenvalue weighted by Gasteiger charge is -2.33. The Bertz CT molecular complexity index is 1040. The van der Waals surface area contributed by atoms with Crippen molar-refractivity contribution in [3.8, 4) is 0 Å². The van der Waals surface area contributed by atoms with Crippen molar-refractivity contribution in [3.05, 3.63) is 41.2 Å². The van der Waals surface area contributed by atoms with Crippen LogP contribution in [0.5, 0.6) is 0 Å². The van der Waals surface area contributed by atoms with Crippen molar-refractivity contribution in [2.45, 2.75) is 62.9 Å². The predicted molar refractivity (Wildman–Crippen MR) is 116 cm³/mol. The van der Waals surface area contributed by atoms with E-state index in [4.69, 9.17) is 4.98 Å². The number of thioether (sulfide) groups is 1. The maximum absolute atomic E-state index is 12.7. The lowest BCUT2D eigenvalue weighted by atomic mass is 9.70. The van der Waals surface area contributed by atoms with Crippen LogP contribution in [0.3, 0.4) is 0 Å². The van der Waals surface area contributed by atoms with Gasteiger partial charge in [-0.25, -0.2) is 4.98 Å². The molecule has 0 unspecified atom stereocenters. The third-order valence-electron chi connectivity index (χ3n) is 7.68. The van der Waals surface area contributed by atoms with Gasteiger partial charge in [0.05, 0.1) is 17.1 Å². The molecule has 0 radical (unpaired) electrons. The monoisotopic (exact) mass is 422 g/mol. The van der Waals surface area contributed by atoms with E-state index in [0.29, 0.717) is 23.1 Å². The highest BCUT2D eigenvalue weighted by Gasteiger charge is 2.61. The van der Waals surface area contributed by atoms with Crippen molar-refractivity contribution in [3.63, 3.8) is 0 Å². The number of benzene rings is 1. The molecule has 0 N–H and O–H groups in total. The number of nitrogens with zero attached hydrogens (tertiary/aromatic N) is 4. The minimum Gasteiger partial charge on any atom is -0.312 e. The second kappa shape index (κ2) is 6.87. The van der Waals surface area contributed by atoms with Gasteiger partial charge in [0.25, 0.3) is 0 Å². The molecule has 2 bridgehead atoms. The van der Waals surface area contributed by atoms with Gasteiger partial charge in [0.15, 0.2) is 5.78 Å². The van der Waals surface area contributed by atoms with Gasteiger partial charge in [-0.1, -0.05) is 32.5 Å². The number of anilines is 1. The Morgan fingerprint density at radius 1 is 1.20 bits per heavy atom. The summed E-state index contributed by atoms with van der Waals surface area (Å²) in [4.78, 5) is 31.2. The summed E-state index contributed by atoms with van der Waals surface area (Å²) in [7, 11) is 0. The molecule has 5 rings (SSSR count). The number of hydrogen-bond donors (Lipinski definition) is 0. The molecule has 1 aromatic heterocycles. The number of amides is 1. The molecular weight excluding hydrogens is 396 g/mol. The zero-order valence-electron chi connectivity index (χ0n) is 17.6. The zero-order chi connectivity index (χ0) is 21.1. The molecule has 2 atom stereocenters. The van der Waals surface area contributed by atoms with Gasteiger partial charge >= 0.3 is 0 Å². The van der Waals surface area contributed by atoms with Crippen molar-refractivity contribution >= 4 is 29.1 Å². The topological polar surface area (TPSA) is 76.1 Å². The first-order valence-corrected chi connectivity index (χ1v) is 11.6. The molecule has 156 valence electrons. The van der Waals surface area contributed by atoms with Crippen LogP contribution in [0.4, 0.5) is 5.69 Å². The zero-order valence-corrected chi connectivity index (χ0v) is 18.5. The summed E-state index contributed by atoms with van der Waals surface area (Å²) in [5.41, 5.74) is 3.81. The third kappa shape index (κ3) is 2.82.